The molecule has 0 bridgehead atoms. The summed E-state index contributed by atoms with van der Waals surface area (Å²) in [5, 5.41) is 18.6. The van der Waals surface area contributed by atoms with Gasteiger partial charge in [0.25, 0.3) is 0 Å². The zero-order chi connectivity index (χ0) is 24.4. The highest BCUT2D eigenvalue weighted by Gasteiger charge is 2.32. The summed E-state index contributed by atoms with van der Waals surface area (Å²) in [4.78, 5) is 2.02. The lowest BCUT2D eigenvalue weighted by atomic mass is 10.1. The van der Waals surface area contributed by atoms with Crippen molar-refractivity contribution in [1.82, 2.24) is 14.7 Å². The van der Waals surface area contributed by atoms with E-state index in [9.17, 15) is 26.7 Å². The van der Waals surface area contributed by atoms with Crippen LogP contribution < -0.4 is 14.7 Å². The van der Waals surface area contributed by atoms with Gasteiger partial charge >= 0.3 is 16.4 Å². The van der Waals surface area contributed by atoms with Crippen molar-refractivity contribution < 1.29 is 26.7 Å². The molecule has 13 heteroatoms. The van der Waals surface area contributed by atoms with Crippen LogP contribution in [0, 0.1) is 0 Å². The van der Waals surface area contributed by atoms with Crippen molar-refractivity contribution >= 4 is 27.6 Å². The average molecular weight is 488 g/mol. The van der Waals surface area contributed by atoms with Crippen molar-refractivity contribution in [3.63, 3.8) is 0 Å². The Morgan fingerprint density at radius 3 is 2.61 bits per heavy atom. The van der Waals surface area contributed by atoms with Crippen molar-refractivity contribution in [3.8, 4) is 0 Å². The minimum Gasteiger partial charge on any atom is -0.845 e. The second kappa shape index (κ2) is 9.59. The molecule has 1 N–H and O–H groups in total. The predicted octanol–water partition coefficient (Wildman–Crippen LogP) is 1.98. The molecule has 182 valence electrons. The number of amidine groups is 1. The number of rotatable bonds is 7. The number of hydrogen-bond donors (Lipinski definition) is 1. The standard InChI is InChI=1S/C20H27F3N6O3S/c1-4-14-8-15(20(21,22)23)10-16(9-14)25-19(30)26-33(31,32)29(18-11-24-28(3)12-18)13-17-6-5-7-27(17)2/h8-12,17H,4-7,13H2,1-3H3,(H2,25,26,30)/p-1/t17-/m0/s1. The molecule has 1 aromatic heterocycles. The Morgan fingerprint density at radius 1 is 1.33 bits per heavy atom. The molecule has 2 heterocycles. The monoisotopic (exact) mass is 487 g/mol. The Bertz CT molecular complexity index is 1120. The van der Waals surface area contributed by atoms with Gasteiger partial charge in [0.15, 0.2) is 0 Å². The minimum atomic E-state index is -4.61. The van der Waals surface area contributed by atoms with Crippen LogP contribution in [0.15, 0.2) is 35.0 Å². The van der Waals surface area contributed by atoms with Crippen LogP contribution in [0.2, 0.25) is 0 Å². The van der Waals surface area contributed by atoms with Gasteiger partial charge in [-0.15, -0.1) is 4.40 Å². The summed E-state index contributed by atoms with van der Waals surface area (Å²) in [6, 6.07) is 1.71. The van der Waals surface area contributed by atoms with Gasteiger partial charge in [-0.1, -0.05) is 6.92 Å². The van der Waals surface area contributed by atoms with E-state index in [1.54, 1.807) is 14.0 Å². The molecule has 1 fully saturated rings. The van der Waals surface area contributed by atoms with Crippen LogP contribution in [-0.2, 0) is 29.9 Å². The van der Waals surface area contributed by atoms with Crippen LogP contribution in [0.25, 0.3) is 0 Å². The smallest absolute Gasteiger partial charge is 0.416 e. The van der Waals surface area contributed by atoms with E-state index < -0.39 is 28.0 Å². The third kappa shape index (κ3) is 6.16. The van der Waals surface area contributed by atoms with E-state index in [-0.39, 0.29) is 24.0 Å². The summed E-state index contributed by atoms with van der Waals surface area (Å²) < 4.78 is 71.3. The molecule has 0 amide bonds. The topological polar surface area (TPSA) is 106 Å². The van der Waals surface area contributed by atoms with Crippen molar-refractivity contribution in [2.45, 2.75) is 38.4 Å². The Morgan fingerprint density at radius 2 is 2.06 bits per heavy atom. The third-order valence-electron chi connectivity index (χ3n) is 5.48. The van der Waals surface area contributed by atoms with Gasteiger partial charge in [0.1, 0.15) is 0 Å². The lowest BCUT2D eigenvalue weighted by Crippen LogP contribution is -2.42. The molecule has 0 saturated carbocycles. The molecule has 1 aliphatic rings. The summed E-state index contributed by atoms with van der Waals surface area (Å²) in [6.45, 7) is 2.55. The highest BCUT2D eigenvalue weighted by molar-refractivity contribution is 7.91. The van der Waals surface area contributed by atoms with E-state index in [0.717, 1.165) is 35.8 Å². The van der Waals surface area contributed by atoms with E-state index in [0.29, 0.717) is 12.0 Å². The number of nitrogens with one attached hydrogen (secondary N) is 1. The molecule has 33 heavy (non-hydrogen) atoms. The van der Waals surface area contributed by atoms with Crippen LogP contribution >= 0.6 is 0 Å². The number of halogens is 3. The van der Waals surface area contributed by atoms with Crippen LogP contribution in [0.1, 0.15) is 30.9 Å². The van der Waals surface area contributed by atoms with Crippen LogP contribution in [0.3, 0.4) is 0 Å². The number of benzene rings is 1. The molecule has 9 nitrogen and oxygen atoms in total. The SMILES string of the molecule is CCc1cc(N/C([O-])=N/S(=O)(=O)N(C[C@@H]2CCCN2C)c2cnn(C)c2)cc(C(F)(F)F)c1. The van der Waals surface area contributed by atoms with Gasteiger partial charge < -0.3 is 15.3 Å². The Kier molecular flexibility index (Phi) is 7.22. The number of aryl methyl sites for hydroxylation is 2. The summed E-state index contributed by atoms with van der Waals surface area (Å²) in [5.41, 5.74) is -0.554. The molecular formula is C20H26F3N6O3S-. The van der Waals surface area contributed by atoms with Gasteiger partial charge in [-0.05, 0) is 56.6 Å². The molecular weight excluding hydrogens is 461 g/mol. The highest BCUT2D eigenvalue weighted by Crippen LogP contribution is 2.32. The second-order valence-electron chi connectivity index (χ2n) is 7.95. The van der Waals surface area contributed by atoms with E-state index in [4.69, 9.17) is 0 Å². The number of alkyl halides is 3. The number of likely N-dealkylation sites (N-methyl/N-ethyl adjacent to an activating group) is 1. The summed E-state index contributed by atoms with van der Waals surface area (Å²) >= 11 is 0. The molecule has 1 saturated heterocycles. The largest absolute Gasteiger partial charge is 0.845 e. The first-order valence-electron chi connectivity index (χ1n) is 10.4. The molecule has 0 aliphatic carbocycles. The van der Waals surface area contributed by atoms with Gasteiger partial charge in [-0.25, -0.2) is 4.31 Å². The zero-order valence-corrected chi connectivity index (χ0v) is 19.3. The predicted molar refractivity (Wildman–Crippen MR) is 117 cm³/mol. The lowest BCUT2D eigenvalue weighted by molar-refractivity contribution is -0.213. The molecule has 3 rings (SSSR count). The minimum absolute atomic E-state index is 0.0604. The fourth-order valence-corrected chi connectivity index (χ4v) is 4.78. The average Bonchev–Trinajstić information content (AvgIpc) is 3.32. The second-order valence-corrected chi connectivity index (χ2v) is 9.47. The van der Waals surface area contributed by atoms with Gasteiger partial charge in [-0.2, -0.15) is 26.7 Å². The van der Waals surface area contributed by atoms with E-state index in [2.05, 4.69) is 14.8 Å². The van der Waals surface area contributed by atoms with E-state index >= 15 is 0 Å². The number of likely N-dealkylation sites (tertiary alicyclic amines) is 1. The molecule has 1 atom stereocenters. The van der Waals surface area contributed by atoms with Crippen molar-refractivity contribution in [3.05, 3.63) is 41.7 Å². The quantitative estimate of drug-likeness (QED) is 0.473. The Balaban J connectivity index is 1.90. The van der Waals surface area contributed by atoms with Crippen molar-refractivity contribution in [2.75, 3.05) is 29.8 Å². The molecule has 0 spiro atoms. The van der Waals surface area contributed by atoms with Crippen molar-refractivity contribution in [2.24, 2.45) is 11.4 Å². The van der Waals surface area contributed by atoms with Gasteiger partial charge in [0.05, 0.1) is 30.0 Å². The Labute approximate surface area is 190 Å². The van der Waals surface area contributed by atoms with Crippen LogP contribution in [-0.4, -0.2) is 55.3 Å². The zero-order valence-electron chi connectivity index (χ0n) is 18.5. The molecule has 2 aromatic rings. The fraction of sp³-hybridized carbons (Fsp3) is 0.500. The first-order valence-corrected chi connectivity index (χ1v) is 11.8. The summed E-state index contributed by atoms with van der Waals surface area (Å²) in [6.07, 6.45) is 0.207. The molecule has 0 unspecified atom stereocenters. The van der Waals surface area contributed by atoms with Gasteiger partial charge in [-0.3, -0.25) is 4.68 Å². The van der Waals surface area contributed by atoms with E-state index in [1.165, 1.54) is 23.1 Å². The van der Waals surface area contributed by atoms with E-state index in [1.807, 2.05) is 11.9 Å². The number of anilines is 2. The summed E-state index contributed by atoms with van der Waals surface area (Å²) in [7, 11) is -0.995. The van der Waals surface area contributed by atoms with Crippen molar-refractivity contribution in [1.29, 1.82) is 0 Å². The lowest BCUT2D eigenvalue weighted by Gasteiger charge is -2.28. The molecule has 1 aromatic carbocycles. The first kappa shape index (κ1) is 24.8. The maximum atomic E-state index is 13.2. The Hall–Kier alpha value is -2.80. The normalized spacial score (nSPS) is 18.0. The summed E-state index contributed by atoms with van der Waals surface area (Å²) in [5.74, 6) is 0. The van der Waals surface area contributed by atoms with Crippen LogP contribution in [0.5, 0.6) is 0 Å². The van der Waals surface area contributed by atoms with Gasteiger partial charge in [0.2, 0.25) is 0 Å². The van der Waals surface area contributed by atoms with Gasteiger partial charge in [0, 0.05) is 25.0 Å². The maximum absolute atomic E-state index is 13.2. The number of aromatic nitrogens is 2. The van der Waals surface area contributed by atoms with Crippen LogP contribution in [0.4, 0.5) is 24.5 Å². The fourth-order valence-electron chi connectivity index (χ4n) is 3.70. The maximum Gasteiger partial charge on any atom is 0.416 e. The molecule has 0 radical (unpaired) electrons. The molecule has 1 aliphatic heterocycles. The number of hydrogen-bond acceptors (Lipinski definition) is 5. The first-order chi connectivity index (χ1) is 15.4. The third-order valence-corrected chi connectivity index (χ3v) is 6.80. The number of nitrogens with zero attached hydrogens (tertiary/aromatic N) is 5. The highest BCUT2D eigenvalue weighted by atomic mass is 32.2.